The van der Waals surface area contributed by atoms with E-state index in [1.165, 1.54) is 12.4 Å². The van der Waals surface area contributed by atoms with Gasteiger partial charge in [0.25, 0.3) is 0 Å². The Hall–Kier alpha value is -1.45. The van der Waals surface area contributed by atoms with Crippen LogP contribution in [0.25, 0.3) is 0 Å². The summed E-state index contributed by atoms with van der Waals surface area (Å²) in [5, 5.41) is 16.1. The van der Waals surface area contributed by atoms with Gasteiger partial charge in [0, 0.05) is 0 Å². The Balaban J connectivity index is 3.28. The Morgan fingerprint density at radius 3 is 2.23 bits per heavy atom. The van der Waals surface area contributed by atoms with Gasteiger partial charge < -0.3 is 5.11 Å². The number of carbonyl (C=O) groups is 1. The second kappa shape index (κ2) is 3.12. The predicted octanol–water partition coefficient (Wildman–Crippen LogP) is 1.47. The molecule has 4 nitrogen and oxygen atoms in total. The van der Waals surface area contributed by atoms with Crippen LogP contribution in [-0.2, 0) is 5.41 Å². The summed E-state index contributed by atoms with van der Waals surface area (Å²) in [5.74, 6) is -0.958. The molecule has 0 saturated heterocycles. The third-order valence-corrected chi connectivity index (χ3v) is 1.77. The fourth-order valence-corrected chi connectivity index (χ4v) is 1.09. The maximum atomic E-state index is 10.8. The van der Waals surface area contributed by atoms with Crippen LogP contribution in [-0.4, -0.2) is 21.3 Å². The van der Waals surface area contributed by atoms with Gasteiger partial charge in [-0.05, 0) is 11.0 Å². The molecular weight excluding hydrogens is 168 g/mol. The average Bonchev–Trinajstić information content (AvgIpc) is 2.03. The summed E-state index contributed by atoms with van der Waals surface area (Å²) in [5.41, 5.74) is 0.710. The summed E-state index contributed by atoms with van der Waals surface area (Å²) in [6.07, 6.45) is 2.78. The maximum Gasteiger partial charge on any atom is 0.337 e. The van der Waals surface area contributed by atoms with Crippen molar-refractivity contribution >= 4 is 5.97 Å². The van der Waals surface area contributed by atoms with Gasteiger partial charge in [-0.15, -0.1) is 0 Å². The van der Waals surface area contributed by atoms with Crippen molar-refractivity contribution in [3.8, 4) is 0 Å². The fraction of sp³-hybridized carbons (Fsp3) is 0.444. The third-order valence-electron chi connectivity index (χ3n) is 1.77. The van der Waals surface area contributed by atoms with E-state index in [1.807, 2.05) is 20.8 Å². The number of rotatable bonds is 1. The van der Waals surface area contributed by atoms with Crippen LogP contribution < -0.4 is 0 Å². The molecule has 0 saturated carbocycles. The molecule has 1 aromatic rings. The van der Waals surface area contributed by atoms with Crippen molar-refractivity contribution < 1.29 is 9.90 Å². The third kappa shape index (κ3) is 2.02. The summed E-state index contributed by atoms with van der Waals surface area (Å²) in [6, 6.07) is 0. The minimum atomic E-state index is -0.958. The van der Waals surface area contributed by atoms with Crippen LogP contribution in [0.2, 0.25) is 0 Å². The van der Waals surface area contributed by atoms with E-state index in [9.17, 15) is 4.79 Å². The number of nitrogens with zero attached hydrogens (tertiary/aromatic N) is 2. The highest BCUT2D eigenvalue weighted by Crippen LogP contribution is 2.24. The van der Waals surface area contributed by atoms with Crippen LogP contribution in [0, 0.1) is 0 Å². The molecule has 0 radical (unpaired) electrons. The molecule has 0 atom stereocenters. The molecule has 0 unspecified atom stereocenters. The molecule has 13 heavy (non-hydrogen) atoms. The van der Waals surface area contributed by atoms with E-state index < -0.39 is 5.97 Å². The van der Waals surface area contributed by atoms with E-state index in [0.29, 0.717) is 5.56 Å². The normalized spacial score (nSPS) is 11.3. The molecule has 0 bridgehead atoms. The molecule has 1 aromatic heterocycles. The zero-order chi connectivity index (χ0) is 10.1. The van der Waals surface area contributed by atoms with Crippen LogP contribution in [0.3, 0.4) is 0 Å². The molecule has 0 spiro atoms. The number of aromatic nitrogens is 2. The summed E-state index contributed by atoms with van der Waals surface area (Å²) in [4.78, 5) is 10.8. The number of carboxylic acids is 1. The van der Waals surface area contributed by atoms with Crippen LogP contribution >= 0.6 is 0 Å². The minimum absolute atomic E-state index is 0.219. The van der Waals surface area contributed by atoms with Crippen LogP contribution in [0.5, 0.6) is 0 Å². The Morgan fingerprint density at radius 1 is 1.31 bits per heavy atom. The summed E-state index contributed by atoms with van der Waals surface area (Å²) in [6.45, 7) is 5.82. The van der Waals surface area contributed by atoms with E-state index in [0.717, 1.165) is 0 Å². The smallest absolute Gasteiger partial charge is 0.337 e. The monoisotopic (exact) mass is 180 g/mol. The van der Waals surface area contributed by atoms with Gasteiger partial charge >= 0.3 is 5.97 Å². The zero-order valence-electron chi connectivity index (χ0n) is 7.90. The van der Waals surface area contributed by atoms with Crippen molar-refractivity contribution in [2.75, 3.05) is 0 Å². The molecule has 0 fully saturated rings. The largest absolute Gasteiger partial charge is 0.478 e. The Morgan fingerprint density at radius 2 is 1.85 bits per heavy atom. The lowest BCUT2D eigenvalue weighted by Crippen LogP contribution is -2.17. The Bertz CT molecular complexity index is 329. The van der Waals surface area contributed by atoms with Crippen molar-refractivity contribution in [1.29, 1.82) is 0 Å². The topological polar surface area (TPSA) is 63.1 Å². The standard InChI is InChI=1S/C9H12N2O2/c1-9(2,3)7-5-11-10-4-6(7)8(12)13/h4-5H,1-3H3,(H,12,13). The molecule has 4 heteroatoms. The lowest BCUT2D eigenvalue weighted by atomic mass is 9.85. The van der Waals surface area contributed by atoms with E-state index >= 15 is 0 Å². The van der Waals surface area contributed by atoms with Crippen molar-refractivity contribution in [1.82, 2.24) is 10.2 Å². The van der Waals surface area contributed by atoms with Gasteiger partial charge in [0.2, 0.25) is 0 Å². The van der Waals surface area contributed by atoms with Crippen molar-refractivity contribution in [2.45, 2.75) is 26.2 Å². The highest BCUT2D eigenvalue weighted by Gasteiger charge is 2.21. The van der Waals surface area contributed by atoms with Gasteiger partial charge in [-0.25, -0.2) is 4.79 Å². The average molecular weight is 180 g/mol. The van der Waals surface area contributed by atoms with Crippen molar-refractivity contribution in [2.24, 2.45) is 0 Å². The fourth-order valence-electron chi connectivity index (χ4n) is 1.09. The van der Waals surface area contributed by atoms with Crippen LogP contribution in [0.1, 0.15) is 36.7 Å². The van der Waals surface area contributed by atoms with Gasteiger partial charge in [0.05, 0.1) is 18.0 Å². The second-order valence-corrected chi connectivity index (χ2v) is 3.87. The lowest BCUT2D eigenvalue weighted by Gasteiger charge is -2.19. The molecule has 0 aliphatic heterocycles. The SMILES string of the molecule is CC(C)(C)c1cnncc1C(=O)O. The number of carboxylic acid groups (broad SMARTS) is 1. The number of hydrogen-bond donors (Lipinski definition) is 1. The van der Waals surface area contributed by atoms with Crippen LogP contribution in [0.15, 0.2) is 12.4 Å². The summed E-state index contributed by atoms with van der Waals surface area (Å²) < 4.78 is 0. The highest BCUT2D eigenvalue weighted by molar-refractivity contribution is 5.89. The van der Waals surface area contributed by atoms with Crippen molar-refractivity contribution in [3.63, 3.8) is 0 Å². The highest BCUT2D eigenvalue weighted by atomic mass is 16.4. The Labute approximate surface area is 76.6 Å². The van der Waals surface area contributed by atoms with Crippen LogP contribution in [0.4, 0.5) is 0 Å². The Kier molecular flexibility index (Phi) is 2.32. The number of aromatic carboxylic acids is 1. The van der Waals surface area contributed by atoms with Gasteiger partial charge in [-0.1, -0.05) is 20.8 Å². The van der Waals surface area contributed by atoms with Gasteiger partial charge in [0.1, 0.15) is 0 Å². The first-order valence-electron chi connectivity index (χ1n) is 3.97. The lowest BCUT2D eigenvalue weighted by molar-refractivity contribution is 0.0693. The maximum absolute atomic E-state index is 10.8. The predicted molar refractivity (Wildman–Crippen MR) is 47.7 cm³/mol. The molecule has 0 aliphatic carbocycles. The minimum Gasteiger partial charge on any atom is -0.478 e. The van der Waals surface area contributed by atoms with Gasteiger partial charge in [-0.3, -0.25) is 0 Å². The molecule has 1 N–H and O–H groups in total. The molecule has 0 amide bonds. The van der Waals surface area contributed by atoms with Gasteiger partial charge in [0.15, 0.2) is 0 Å². The molecule has 70 valence electrons. The molecule has 0 aliphatic rings. The molecule has 1 rings (SSSR count). The first-order valence-corrected chi connectivity index (χ1v) is 3.97. The van der Waals surface area contributed by atoms with E-state index in [4.69, 9.17) is 5.11 Å². The van der Waals surface area contributed by atoms with E-state index in [2.05, 4.69) is 10.2 Å². The summed E-state index contributed by atoms with van der Waals surface area (Å²) in [7, 11) is 0. The van der Waals surface area contributed by atoms with E-state index in [-0.39, 0.29) is 11.0 Å². The first kappa shape index (κ1) is 9.64. The van der Waals surface area contributed by atoms with Gasteiger partial charge in [-0.2, -0.15) is 10.2 Å². The first-order chi connectivity index (χ1) is 5.93. The van der Waals surface area contributed by atoms with Crippen molar-refractivity contribution in [3.05, 3.63) is 23.5 Å². The second-order valence-electron chi connectivity index (χ2n) is 3.87. The molecule has 0 aromatic carbocycles. The summed E-state index contributed by atoms with van der Waals surface area (Å²) >= 11 is 0. The molecule has 1 heterocycles. The van der Waals surface area contributed by atoms with E-state index in [1.54, 1.807) is 0 Å². The quantitative estimate of drug-likeness (QED) is 0.710. The number of hydrogen-bond acceptors (Lipinski definition) is 3. The molecular formula is C9H12N2O2. The zero-order valence-corrected chi connectivity index (χ0v) is 7.90.